The van der Waals surface area contributed by atoms with E-state index in [9.17, 15) is 5.11 Å². The van der Waals surface area contributed by atoms with Crippen molar-refractivity contribution < 1.29 is 14.6 Å². The van der Waals surface area contributed by atoms with Crippen LogP contribution in [0.1, 0.15) is 30.1 Å². The lowest BCUT2D eigenvalue weighted by molar-refractivity contribution is 0.176. The van der Waals surface area contributed by atoms with Gasteiger partial charge in [-0.2, -0.15) is 0 Å². The third-order valence-corrected chi connectivity index (χ3v) is 3.68. The third-order valence-electron chi connectivity index (χ3n) is 3.68. The van der Waals surface area contributed by atoms with Gasteiger partial charge in [-0.1, -0.05) is 30.3 Å². The Balaban J connectivity index is 1.73. The molecule has 2 aromatic carbocycles. The summed E-state index contributed by atoms with van der Waals surface area (Å²) in [4.78, 5) is 0. The Labute approximate surface area is 125 Å². The second-order valence-electron chi connectivity index (χ2n) is 5.42. The lowest BCUT2D eigenvalue weighted by atomic mass is 10.0. The van der Waals surface area contributed by atoms with E-state index < -0.39 is 6.10 Å². The van der Waals surface area contributed by atoms with Crippen molar-refractivity contribution in [1.29, 1.82) is 0 Å². The molecule has 1 fully saturated rings. The molecule has 3 heteroatoms. The zero-order chi connectivity index (χ0) is 14.7. The summed E-state index contributed by atoms with van der Waals surface area (Å²) in [6, 6.07) is 15.5. The van der Waals surface area contributed by atoms with Crippen LogP contribution in [0.15, 0.2) is 48.5 Å². The summed E-state index contributed by atoms with van der Waals surface area (Å²) in [5.41, 5.74) is 1.88. The van der Waals surface area contributed by atoms with E-state index in [1.165, 1.54) is 0 Å². The molecule has 0 aromatic heterocycles. The lowest BCUT2D eigenvalue weighted by Crippen LogP contribution is -2.04. The van der Waals surface area contributed by atoms with Gasteiger partial charge in [0.25, 0.3) is 0 Å². The van der Waals surface area contributed by atoms with E-state index in [2.05, 4.69) is 0 Å². The van der Waals surface area contributed by atoms with Gasteiger partial charge in [0.05, 0.1) is 19.3 Å². The SMILES string of the molecule is COc1ccccc1CC(O)c1cccc(OC2CC2)c1. The fourth-order valence-electron chi connectivity index (χ4n) is 2.37. The summed E-state index contributed by atoms with van der Waals surface area (Å²) in [7, 11) is 1.65. The van der Waals surface area contributed by atoms with Crippen molar-refractivity contribution >= 4 is 0 Å². The molecule has 0 saturated heterocycles. The van der Waals surface area contributed by atoms with Gasteiger partial charge in [-0.15, -0.1) is 0 Å². The number of para-hydroxylation sites is 1. The molecule has 3 rings (SSSR count). The topological polar surface area (TPSA) is 38.7 Å². The van der Waals surface area contributed by atoms with Gasteiger partial charge in [0.1, 0.15) is 11.5 Å². The number of hydrogen-bond donors (Lipinski definition) is 1. The van der Waals surface area contributed by atoms with Crippen LogP contribution in [0.5, 0.6) is 11.5 Å². The van der Waals surface area contributed by atoms with Gasteiger partial charge in [0, 0.05) is 6.42 Å². The first-order chi connectivity index (χ1) is 10.3. The average molecular weight is 284 g/mol. The fraction of sp³-hybridized carbons (Fsp3) is 0.333. The minimum atomic E-state index is -0.566. The Morgan fingerprint density at radius 2 is 1.95 bits per heavy atom. The predicted octanol–water partition coefficient (Wildman–Crippen LogP) is 3.51. The molecule has 0 aliphatic heterocycles. The highest BCUT2D eigenvalue weighted by Gasteiger charge is 2.23. The smallest absolute Gasteiger partial charge is 0.122 e. The average Bonchev–Trinajstić information content (AvgIpc) is 3.32. The van der Waals surface area contributed by atoms with Gasteiger partial charge in [-0.3, -0.25) is 0 Å². The van der Waals surface area contributed by atoms with Gasteiger partial charge >= 0.3 is 0 Å². The van der Waals surface area contributed by atoms with Crippen molar-refractivity contribution in [3.05, 3.63) is 59.7 Å². The van der Waals surface area contributed by atoms with Crippen molar-refractivity contribution in [2.45, 2.75) is 31.5 Å². The van der Waals surface area contributed by atoms with Gasteiger partial charge in [0.15, 0.2) is 0 Å². The second kappa shape index (κ2) is 6.19. The largest absolute Gasteiger partial charge is 0.496 e. The quantitative estimate of drug-likeness (QED) is 0.882. The van der Waals surface area contributed by atoms with Crippen molar-refractivity contribution in [3.63, 3.8) is 0 Å². The van der Waals surface area contributed by atoms with Crippen molar-refractivity contribution in [1.82, 2.24) is 0 Å². The van der Waals surface area contributed by atoms with E-state index in [0.717, 1.165) is 35.5 Å². The van der Waals surface area contributed by atoms with Gasteiger partial charge in [-0.05, 0) is 42.2 Å². The van der Waals surface area contributed by atoms with Gasteiger partial charge in [-0.25, -0.2) is 0 Å². The van der Waals surface area contributed by atoms with E-state index in [0.29, 0.717) is 12.5 Å². The molecule has 0 heterocycles. The Morgan fingerprint density at radius 3 is 2.71 bits per heavy atom. The maximum Gasteiger partial charge on any atom is 0.122 e. The Morgan fingerprint density at radius 1 is 1.14 bits per heavy atom. The summed E-state index contributed by atoms with van der Waals surface area (Å²) < 4.78 is 11.1. The second-order valence-corrected chi connectivity index (χ2v) is 5.42. The first-order valence-electron chi connectivity index (χ1n) is 7.33. The molecule has 0 bridgehead atoms. The summed E-state index contributed by atoms with van der Waals surface area (Å²) in [5, 5.41) is 10.5. The van der Waals surface area contributed by atoms with Crippen LogP contribution in [-0.2, 0) is 6.42 Å². The first-order valence-corrected chi connectivity index (χ1v) is 7.33. The highest BCUT2D eigenvalue weighted by molar-refractivity contribution is 5.36. The molecule has 0 amide bonds. The van der Waals surface area contributed by atoms with Gasteiger partial charge in [0.2, 0.25) is 0 Å². The summed E-state index contributed by atoms with van der Waals surface area (Å²) in [6.07, 6.45) is 2.59. The summed E-state index contributed by atoms with van der Waals surface area (Å²) in [6.45, 7) is 0. The van der Waals surface area contributed by atoms with Gasteiger partial charge < -0.3 is 14.6 Å². The molecular formula is C18H20O3. The predicted molar refractivity (Wildman–Crippen MR) is 81.7 cm³/mol. The standard InChI is InChI=1S/C18H20O3/c1-20-18-8-3-2-5-14(18)12-17(19)13-6-4-7-16(11-13)21-15-9-10-15/h2-8,11,15,17,19H,9-10,12H2,1H3. The molecule has 0 spiro atoms. The van der Waals surface area contributed by atoms with Crippen molar-refractivity contribution in [2.24, 2.45) is 0 Å². The maximum atomic E-state index is 10.5. The molecule has 1 N–H and O–H groups in total. The molecule has 1 aliphatic rings. The molecule has 21 heavy (non-hydrogen) atoms. The lowest BCUT2D eigenvalue weighted by Gasteiger charge is -2.15. The van der Waals surface area contributed by atoms with E-state index in [-0.39, 0.29) is 0 Å². The van der Waals surface area contributed by atoms with E-state index in [1.54, 1.807) is 7.11 Å². The Kier molecular flexibility index (Phi) is 4.11. The number of ether oxygens (including phenoxy) is 2. The van der Waals surface area contributed by atoms with Crippen LogP contribution in [0.3, 0.4) is 0 Å². The molecule has 1 saturated carbocycles. The van der Waals surface area contributed by atoms with Crippen molar-refractivity contribution in [3.8, 4) is 11.5 Å². The minimum absolute atomic E-state index is 0.367. The van der Waals surface area contributed by atoms with Crippen molar-refractivity contribution in [2.75, 3.05) is 7.11 Å². The van der Waals surface area contributed by atoms with Crippen LogP contribution in [0.4, 0.5) is 0 Å². The van der Waals surface area contributed by atoms with Crippen LogP contribution in [0.2, 0.25) is 0 Å². The number of aliphatic hydroxyl groups is 1. The Bertz CT molecular complexity index is 605. The number of aliphatic hydroxyl groups excluding tert-OH is 1. The van der Waals surface area contributed by atoms with Crippen LogP contribution < -0.4 is 9.47 Å². The number of benzene rings is 2. The van der Waals surface area contributed by atoms with E-state index >= 15 is 0 Å². The van der Waals surface area contributed by atoms with Crippen LogP contribution in [-0.4, -0.2) is 18.3 Å². The summed E-state index contributed by atoms with van der Waals surface area (Å²) in [5.74, 6) is 1.65. The molecule has 110 valence electrons. The van der Waals surface area contributed by atoms with Crippen LogP contribution in [0, 0.1) is 0 Å². The molecular weight excluding hydrogens is 264 g/mol. The monoisotopic (exact) mass is 284 g/mol. The third kappa shape index (κ3) is 3.56. The molecule has 2 aromatic rings. The first kappa shape index (κ1) is 14.0. The number of methoxy groups -OCH3 is 1. The van der Waals surface area contributed by atoms with Crippen LogP contribution in [0.25, 0.3) is 0 Å². The normalized spacial score (nSPS) is 15.5. The zero-order valence-corrected chi connectivity index (χ0v) is 12.2. The number of hydrogen-bond acceptors (Lipinski definition) is 3. The molecule has 1 atom stereocenters. The molecule has 1 unspecified atom stereocenters. The Hall–Kier alpha value is -2.00. The highest BCUT2D eigenvalue weighted by Crippen LogP contribution is 2.30. The zero-order valence-electron chi connectivity index (χ0n) is 12.2. The summed E-state index contributed by atoms with van der Waals surface area (Å²) >= 11 is 0. The molecule has 0 radical (unpaired) electrons. The number of rotatable bonds is 6. The van der Waals surface area contributed by atoms with E-state index in [4.69, 9.17) is 9.47 Å². The highest BCUT2D eigenvalue weighted by atomic mass is 16.5. The molecule has 1 aliphatic carbocycles. The maximum absolute atomic E-state index is 10.5. The molecule has 3 nitrogen and oxygen atoms in total. The minimum Gasteiger partial charge on any atom is -0.496 e. The van der Waals surface area contributed by atoms with Crippen LogP contribution >= 0.6 is 0 Å². The fourth-order valence-corrected chi connectivity index (χ4v) is 2.37. The van der Waals surface area contributed by atoms with E-state index in [1.807, 2.05) is 48.5 Å².